The minimum Gasteiger partial charge on any atom is -0.355 e. The summed E-state index contributed by atoms with van der Waals surface area (Å²) in [6.45, 7) is 4.29. The molecule has 0 bridgehead atoms. The Morgan fingerprint density at radius 2 is 2.11 bits per heavy atom. The van der Waals surface area contributed by atoms with Crippen molar-refractivity contribution in [3.05, 3.63) is 30.1 Å². The van der Waals surface area contributed by atoms with E-state index in [2.05, 4.69) is 28.5 Å². The predicted octanol–water partition coefficient (Wildman–Crippen LogP) is 1.82. The molecule has 1 aliphatic heterocycles. The molecule has 0 radical (unpaired) electrons. The van der Waals surface area contributed by atoms with Gasteiger partial charge in [-0.05, 0) is 31.9 Å². The van der Waals surface area contributed by atoms with Gasteiger partial charge < -0.3 is 15.0 Å². The third-order valence-corrected chi connectivity index (χ3v) is 3.53. The van der Waals surface area contributed by atoms with E-state index in [4.69, 9.17) is 10.7 Å². The van der Waals surface area contributed by atoms with Gasteiger partial charge in [-0.2, -0.15) is 0 Å². The minimum atomic E-state index is 0.159. The zero-order chi connectivity index (χ0) is 12.5. The maximum Gasteiger partial charge on any atom is 0.151 e. The van der Waals surface area contributed by atoms with E-state index in [1.807, 2.05) is 12.1 Å². The molecule has 1 atom stereocenters. The molecule has 0 saturated carbocycles. The van der Waals surface area contributed by atoms with Crippen LogP contribution < -0.4 is 10.6 Å². The zero-order valence-electron chi connectivity index (χ0n) is 10.8. The second-order valence-corrected chi connectivity index (χ2v) is 5.19. The number of aromatic nitrogens is 2. The van der Waals surface area contributed by atoms with Gasteiger partial charge in [-0.15, -0.1) is 0 Å². The number of hydrogen-bond acceptors (Lipinski definition) is 3. The first-order chi connectivity index (χ1) is 8.75. The van der Waals surface area contributed by atoms with Crippen molar-refractivity contribution in [2.45, 2.75) is 32.2 Å². The Bertz CT molecular complexity index is 538. The van der Waals surface area contributed by atoms with Gasteiger partial charge in [-0.25, -0.2) is 4.98 Å². The number of pyridine rings is 1. The summed E-state index contributed by atoms with van der Waals surface area (Å²) in [5.41, 5.74) is 8.26. The maximum atomic E-state index is 5.98. The quantitative estimate of drug-likeness (QED) is 0.896. The molecule has 1 saturated heterocycles. The molecule has 1 unspecified atom stereocenters. The molecule has 0 aliphatic carbocycles. The summed E-state index contributed by atoms with van der Waals surface area (Å²) >= 11 is 0. The molecule has 4 heteroatoms. The number of imidazole rings is 1. The molecule has 3 rings (SSSR count). The summed E-state index contributed by atoms with van der Waals surface area (Å²) in [6.07, 6.45) is 5.49. The Labute approximate surface area is 107 Å². The lowest BCUT2D eigenvalue weighted by molar-refractivity contribution is 0.713. The maximum absolute atomic E-state index is 5.98. The normalized spacial score (nSPS) is 17.6. The van der Waals surface area contributed by atoms with Gasteiger partial charge in [-0.1, -0.05) is 6.07 Å². The first-order valence-electron chi connectivity index (χ1n) is 6.72. The second kappa shape index (κ2) is 4.61. The van der Waals surface area contributed by atoms with Gasteiger partial charge in [0.25, 0.3) is 0 Å². The van der Waals surface area contributed by atoms with Crippen LogP contribution in [0.2, 0.25) is 0 Å². The van der Waals surface area contributed by atoms with Gasteiger partial charge in [0, 0.05) is 31.7 Å². The van der Waals surface area contributed by atoms with Crippen molar-refractivity contribution in [3.8, 4) is 0 Å². The molecule has 3 heterocycles. The highest BCUT2D eigenvalue weighted by Gasteiger charge is 2.21. The van der Waals surface area contributed by atoms with Crippen molar-refractivity contribution in [2.24, 2.45) is 5.73 Å². The molecule has 2 N–H and O–H groups in total. The van der Waals surface area contributed by atoms with Crippen molar-refractivity contribution >= 4 is 11.5 Å². The van der Waals surface area contributed by atoms with E-state index >= 15 is 0 Å². The van der Waals surface area contributed by atoms with E-state index < -0.39 is 0 Å². The molecular weight excluding hydrogens is 224 g/mol. The summed E-state index contributed by atoms with van der Waals surface area (Å²) < 4.78 is 2.18. The number of nitrogens with zero attached hydrogens (tertiary/aromatic N) is 3. The molecule has 1 aliphatic rings. The van der Waals surface area contributed by atoms with Crippen molar-refractivity contribution < 1.29 is 0 Å². The lowest BCUT2D eigenvalue weighted by Crippen LogP contribution is -2.23. The van der Waals surface area contributed by atoms with E-state index in [9.17, 15) is 0 Å². The molecule has 4 nitrogen and oxygen atoms in total. The summed E-state index contributed by atoms with van der Waals surface area (Å²) in [4.78, 5) is 7.17. The highest BCUT2D eigenvalue weighted by Crippen LogP contribution is 2.26. The van der Waals surface area contributed by atoms with Crippen molar-refractivity contribution in [1.29, 1.82) is 0 Å². The highest BCUT2D eigenvalue weighted by atomic mass is 15.2. The molecule has 18 heavy (non-hydrogen) atoms. The van der Waals surface area contributed by atoms with Crippen LogP contribution in [0.25, 0.3) is 5.65 Å². The predicted molar refractivity (Wildman–Crippen MR) is 74.0 cm³/mol. The monoisotopic (exact) mass is 244 g/mol. The Morgan fingerprint density at radius 3 is 2.83 bits per heavy atom. The van der Waals surface area contributed by atoms with Gasteiger partial charge in [0.2, 0.25) is 0 Å². The van der Waals surface area contributed by atoms with Crippen LogP contribution in [0.5, 0.6) is 0 Å². The molecular formula is C14H20N4. The lowest BCUT2D eigenvalue weighted by Gasteiger charge is -2.17. The average molecular weight is 244 g/mol. The number of anilines is 1. The van der Waals surface area contributed by atoms with Gasteiger partial charge >= 0.3 is 0 Å². The third-order valence-electron chi connectivity index (χ3n) is 3.53. The fourth-order valence-electron chi connectivity index (χ4n) is 2.71. The molecule has 2 aromatic heterocycles. The van der Waals surface area contributed by atoms with Crippen molar-refractivity contribution in [2.75, 3.05) is 18.0 Å². The number of fused-ring (bicyclic) bond motifs is 1. The first kappa shape index (κ1) is 11.5. The molecule has 0 amide bonds. The zero-order valence-corrected chi connectivity index (χ0v) is 10.8. The van der Waals surface area contributed by atoms with Crippen LogP contribution in [0.1, 0.15) is 25.5 Å². The lowest BCUT2D eigenvalue weighted by atomic mass is 10.2. The van der Waals surface area contributed by atoms with E-state index in [1.54, 1.807) is 0 Å². The standard InChI is InChI=1S/C14H20N4/c1-11(15)10-12-14(17-7-4-5-8-17)16-13-6-2-3-9-18(12)13/h2-3,6,9,11H,4-5,7-8,10,15H2,1H3. The number of nitrogens with two attached hydrogens (primary N) is 1. The number of hydrogen-bond donors (Lipinski definition) is 1. The van der Waals surface area contributed by atoms with Crippen LogP contribution >= 0.6 is 0 Å². The van der Waals surface area contributed by atoms with Crippen LogP contribution in [0.3, 0.4) is 0 Å². The summed E-state index contributed by atoms with van der Waals surface area (Å²) in [5, 5.41) is 0. The number of rotatable bonds is 3. The topological polar surface area (TPSA) is 46.6 Å². The molecule has 0 spiro atoms. The molecule has 2 aromatic rings. The Morgan fingerprint density at radius 1 is 1.33 bits per heavy atom. The van der Waals surface area contributed by atoms with Crippen LogP contribution in [0.15, 0.2) is 24.4 Å². The van der Waals surface area contributed by atoms with Gasteiger partial charge in [0.05, 0.1) is 5.69 Å². The van der Waals surface area contributed by atoms with E-state index in [0.717, 1.165) is 31.0 Å². The van der Waals surface area contributed by atoms with Gasteiger partial charge in [-0.3, -0.25) is 0 Å². The summed E-state index contributed by atoms with van der Waals surface area (Å²) in [5.74, 6) is 1.14. The van der Waals surface area contributed by atoms with Gasteiger partial charge in [0.1, 0.15) is 5.65 Å². The fourth-order valence-corrected chi connectivity index (χ4v) is 2.71. The smallest absolute Gasteiger partial charge is 0.151 e. The Kier molecular flexibility index (Phi) is 2.96. The van der Waals surface area contributed by atoms with Gasteiger partial charge in [0.15, 0.2) is 5.82 Å². The molecule has 0 aromatic carbocycles. The fraction of sp³-hybridized carbons (Fsp3) is 0.500. The van der Waals surface area contributed by atoms with Crippen LogP contribution in [-0.2, 0) is 6.42 Å². The van der Waals surface area contributed by atoms with Crippen LogP contribution in [0.4, 0.5) is 5.82 Å². The first-order valence-corrected chi connectivity index (χ1v) is 6.72. The summed E-state index contributed by atoms with van der Waals surface area (Å²) in [6, 6.07) is 6.30. The minimum absolute atomic E-state index is 0.159. The van der Waals surface area contributed by atoms with E-state index in [0.29, 0.717) is 0 Å². The van der Waals surface area contributed by atoms with Crippen molar-refractivity contribution in [1.82, 2.24) is 9.38 Å². The molecule has 96 valence electrons. The van der Waals surface area contributed by atoms with Crippen LogP contribution in [0, 0.1) is 0 Å². The van der Waals surface area contributed by atoms with Crippen LogP contribution in [-0.4, -0.2) is 28.5 Å². The second-order valence-electron chi connectivity index (χ2n) is 5.19. The Balaban J connectivity index is 2.10. The van der Waals surface area contributed by atoms with Crippen molar-refractivity contribution in [3.63, 3.8) is 0 Å². The largest absolute Gasteiger partial charge is 0.355 e. The highest BCUT2D eigenvalue weighted by molar-refractivity contribution is 5.56. The Hall–Kier alpha value is -1.55. The third kappa shape index (κ3) is 1.97. The molecule has 1 fully saturated rings. The average Bonchev–Trinajstić information content (AvgIpc) is 2.96. The summed E-state index contributed by atoms with van der Waals surface area (Å²) in [7, 11) is 0. The van der Waals surface area contributed by atoms with E-state index in [1.165, 1.54) is 18.5 Å². The SMILES string of the molecule is CC(N)Cc1c(N2CCCC2)nc2ccccn12. The van der Waals surface area contributed by atoms with E-state index in [-0.39, 0.29) is 6.04 Å².